The maximum Gasteiger partial charge on any atom is 0.391 e. The summed E-state index contributed by atoms with van der Waals surface area (Å²) in [5, 5.41) is 3.76. The SMILES string of the molecule is CCNc1nc(N2CCC(C(F)(F)F)CC2)c(Cl)cc1Cl. The minimum Gasteiger partial charge on any atom is -0.369 e. The third kappa shape index (κ3) is 3.86. The Kier molecular flexibility index (Phi) is 5.09. The van der Waals surface area contributed by atoms with Gasteiger partial charge in [-0.3, -0.25) is 0 Å². The third-order valence-electron chi connectivity index (χ3n) is 3.51. The van der Waals surface area contributed by atoms with E-state index in [9.17, 15) is 13.2 Å². The van der Waals surface area contributed by atoms with Gasteiger partial charge in [0.25, 0.3) is 0 Å². The number of piperidine rings is 1. The van der Waals surface area contributed by atoms with Gasteiger partial charge in [-0.05, 0) is 25.8 Å². The molecule has 0 bridgehead atoms. The first-order valence-electron chi connectivity index (χ1n) is 6.74. The fraction of sp³-hybridized carbons (Fsp3) is 0.615. The maximum absolute atomic E-state index is 12.7. The topological polar surface area (TPSA) is 28.2 Å². The molecule has 0 spiro atoms. The number of pyridine rings is 1. The molecule has 2 heterocycles. The number of alkyl halides is 3. The van der Waals surface area contributed by atoms with E-state index >= 15 is 0 Å². The Morgan fingerprint density at radius 1 is 1.29 bits per heavy atom. The lowest BCUT2D eigenvalue weighted by Gasteiger charge is -2.34. The second-order valence-electron chi connectivity index (χ2n) is 4.96. The summed E-state index contributed by atoms with van der Waals surface area (Å²) in [4.78, 5) is 6.12. The maximum atomic E-state index is 12.7. The minimum absolute atomic E-state index is 0.0562. The predicted octanol–water partition coefficient (Wildman–Crippen LogP) is 4.60. The van der Waals surface area contributed by atoms with Gasteiger partial charge in [0.15, 0.2) is 0 Å². The van der Waals surface area contributed by atoms with E-state index < -0.39 is 12.1 Å². The van der Waals surface area contributed by atoms with Gasteiger partial charge in [0.05, 0.1) is 16.0 Å². The van der Waals surface area contributed by atoms with Crippen LogP contribution in [0.2, 0.25) is 10.0 Å². The van der Waals surface area contributed by atoms with Crippen LogP contribution in [0.15, 0.2) is 6.07 Å². The zero-order chi connectivity index (χ0) is 15.6. The van der Waals surface area contributed by atoms with Crippen LogP contribution in [0, 0.1) is 5.92 Å². The molecule has 0 radical (unpaired) electrons. The van der Waals surface area contributed by atoms with E-state index in [1.165, 1.54) is 0 Å². The van der Waals surface area contributed by atoms with Gasteiger partial charge in [-0.2, -0.15) is 13.2 Å². The molecule has 21 heavy (non-hydrogen) atoms. The van der Waals surface area contributed by atoms with Gasteiger partial charge in [0.2, 0.25) is 0 Å². The van der Waals surface area contributed by atoms with E-state index in [1.807, 2.05) is 6.92 Å². The van der Waals surface area contributed by atoms with Crippen molar-refractivity contribution in [2.45, 2.75) is 25.9 Å². The van der Waals surface area contributed by atoms with Crippen molar-refractivity contribution in [1.82, 2.24) is 4.98 Å². The molecule has 1 aliphatic heterocycles. The summed E-state index contributed by atoms with van der Waals surface area (Å²) in [6, 6.07) is 1.57. The van der Waals surface area contributed by atoms with Crippen molar-refractivity contribution in [1.29, 1.82) is 0 Å². The van der Waals surface area contributed by atoms with Crippen molar-refractivity contribution in [3.05, 3.63) is 16.1 Å². The first-order valence-corrected chi connectivity index (χ1v) is 7.50. The van der Waals surface area contributed by atoms with E-state index in [0.29, 0.717) is 28.2 Å². The monoisotopic (exact) mass is 341 g/mol. The summed E-state index contributed by atoms with van der Waals surface area (Å²) in [5.74, 6) is -0.262. The van der Waals surface area contributed by atoms with E-state index in [-0.39, 0.29) is 25.9 Å². The van der Waals surface area contributed by atoms with Gasteiger partial charge in [-0.15, -0.1) is 0 Å². The molecule has 3 nitrogen and oxygen atoms in total. The molecule has 0 saturated carbocycles. The second kappa shape index (κ2) is 6.48. The number of nitrogens with zero attached hydrogens (tertiary/aromatic N) is 2. The quantitative estimate of drug-likeness (QED) is 0.870. The molecule has 8 heteroatoms. The molecule has 1 aliphatic rings. The van der Waals surface area contributed by atoms with Crippen LogP contribution in [0.3, 0.4) is 0 Å². The summed E-state index contributed by atoms with van der Waals surface area (Å²) in [5.41, 5.74) is 0. The fourth-order valence-electron chi connectivity index (χ4n) is 2.39. The van der Waals surface area contributed by atoms with Crippen molar-refractivity contribution in [2.75, 3.05) is 29.9 Å². The Morgan fingerprint density at radius 3 is 2.43 bits per heavy atom. The molecule has 1 aromatic heterocycles. The molecule has 1 N–H and O–H groups in total. The number of hydrogen-bond donors (Lipinski definition) is 1. The highest BCUT2D eigenvalue weighted by Crippen LogP contribution is 2.37. The normalized spacial score (nSPS) is 17.1. The van der Waals surface area contributed by atoms with E-state index in [1.54, 1.807) is 11.0 Å². The molecule has 0 aromatic carbocycles. The average Bonchev–Trinajstić information content (AvgIpc) is 2.41. The standard InChI is InChI=1S/C13H16Cl2F3N3/c1-2-19-11-9(14)7-10(15)12(20-11)21-5-3-8(4-6-21)13(16,17)18/h7-8H,2-6H2,1H3,(H,19,20). The summed E-state index contributed by atoms with van der Waals surface area (Å²) < 4.78 is 38.0. The first-order chi connectivity index (χ1) is 9.82. The summed E-state index contributed by atoms with van der Waals surface area (Å²) in [6.45, 7) is 3.11. The molecule has 0 unspecified atom stereocenters. The van der Waals surface area contributed by atoms with E-state index in [2.05, 4.69) is 10.3 Å². The van der Waals surface area contributed by atoms with Crippen LogP contribution in [0.4, 0.5) is 24.8 Å². The highest BCUT2D eigenvalue weighted by atomic mass is 35.5. The number of aromatic nitrogens is 1. The number of halogens is 5. The Bertz CT molecular complexity index is 500. The van der Waals surface area contributed by atoms with Crippen molar-refractivity contribution in [2.24, 2.45) is 5.92 Å². The zero-order valence-electron chi connectivity index (χ0n) is 11.5. The van der Waals surface area contributed by atoms with E-state index in [4.69, 9.17) is 23.2 Å². The zero-order valence-corrected chi connectivity index (χ0v) is 13.0. The molecule has 0 aliphatic carbocycles. The fourth-order valence-corrected chi connectivity index (χ4v) is 2.93. The van der Waals surface area contributed by atoms with Crippen LogP contribution in [-0.4, -0.2) is 30.8 Å². The molecule has 1 fully saturated rings. The van der Waals surface area contributed by atoms with Gasteiger partial charge >= 0.3 is 6.18 Å². The van der Waals surface area contributed by atoms with Crippen molar-refractivity contribution >= 4 is 34.8 Å². The smallest absolute Gasteiger partial charge is 0.369 e. The van der Waals surface area contributed by atoms with Crippen molar-refractivity contribution < 1.29 is 13.2 Å². The minimum atomic E-state index is -4.13. The van der Waals surface area contributed by atoms with Gasteiger partial charge in [-0.1, -0.05) is 23.2 Å². The molecule has 2 rings (SSSR count). The van der Waals surface area contributed by atoms with Crippen LogP contribution >= 0.6 is 23.2 Å². The van der Waals surface area contributed by atoms with Crippen LogP contribution in [0.1, 0.15) is 19.8 Å². The predicted molar refractivity (Wildman–Crippen MR) is 79.4 cm³/mol. The number of anilines is 2. The number of nitrogens with one attached hydrogen (secondary N) is 1. The summed E-state index contributed by atoms with van der Waals surface area (Å²) in [6.07, 6.45) is -4.01. The average molecular weight is 342 g/mol. The van der Waals surface area contributed by atoms with Crippen LogP contribution in [0.25, 0.3) is 0 Å². The van der Waals surface area contributed by atoms with Crippen molar-refractivity contribution in [3.8, 4) is 0 Å². The Morgan fingerprint density at radius 2 is 1.90 bits per heavy atom. The first kappa shape index (κ1) is 16.5. The van der Waals surface area contributed by atoms with Gasteiger partial charge < -0.3 is 10.2 Å². The lowest BCUT2D eigenvalue weighted by molar-refractivity contribution is -0.179. The van der Waals surface area contributed by atoms with Gasteiger partial charge in [-0.25, -0.2) is 4.98 Å². The Hall–Kier alpha value is -0.880. The van der Waals surface area contributed by atoms with Crippen LogP contribution < -0.4 is 10.2 Å². The van der Waals surface area contributed by atoms with E-state index in [0.717, 1.165) is 0 Å². The highest BCUT2D eigenvalue weighted by molar-refractivity contribution is 6.37. The Labute approximate surface area is 131 Å². The molecule has 1 aromatic rings. The second-order valence-corrected chi connectivity index (χ2v) is 5.77. The van der Waals surface area contributed by atoms with Crippen LogP contribution in [-0.2, 0) is 0 Å². The highest BCUT2D eigenvalue weighted by Gasteiger charge is 2.41. The lowest BCUT2D eigenvalue weighted by atomic mass is 9.96. The third-order valence-corrected chi connectivity index (χ3v) is 4.08. The summed E-state index contributed by atoms with van der Waals surface area (Å²) in [7, 11) is 0. The Balaban J connectivity index is 2.15. The molecular formula is C13H16Cl2F3N3. The van der Waals surface area contributed by atoms with Crippen molar-refractivity contribution in [3.63, 3.8) is 0 Å². The number of hydrogen-bond acceptors (Lipinski definition) is 3. The molecular weight excluding hydrogens is 326 g/mol. The summed E-state index contributed by atoms with van der Waals surface area (Å²) >= 11 is 12.1. The van der Waals surface area contributed by atoms with Crippen LogP contribution in [0.5, 0.6) is 0 Å². The number of rotatable bonds is 3. The van der Waals surface area contributed by atoms with Gasteiger partial charge in [0.1, 0.15) is 11.6 Å². The molecule has 1 saturated heterocycles. The van der Waals surface area contributed by atoms with Gasteiger partial charge in [0, 0.05) is 19.6 Å². The molecule has 0 amide bonds. The largest absolute Gasteiger partial charge is 0.391 e. The molecule has 0 atom stereocenters. The lowest BCUT2D eigenvalue weighted by Crippen LogP contribution is -2.39. The molecule has 118 valence electrons.